The second kappa shape index (κ2) is 6.76. The zero-order chi connectivity index (χ0) is 15.4. The van der Waals surface area contributed by atoms with E-state index < -0.39 is 15.6 Å². The molecule has 0 bridgehead atoms. The third kappa shape index (κ3) is 3.63. The van der Waals surface area contributed by atoms with Crippen molar-refractivity contribution in [3.05, 3.63) is 23.2 Å². The Morgan fingerprint density at radius 1 is 1.35 bits per heavy atom. The molecule has 7 heteroatoms. The van der Waals surface area contributed by atoms with E-state index in [4.69, 9.17) is 22.1 Å². The van der Waals surface area contributed by atoms with Crippen LogP contribution < -0.4 is 15.2 Å². The van der Waals surface area contributed by atoms with Gasteiger partial charge in [-0.2, -0.15) is 0 Å². The molecule has 0 radical (unpaired) electrons. The van der Waals surface area contributed by atoms with Gasteiger partial charge in [-0.15, -0.1) is 0 Å². The molecule has 0 aliphatic rings. The highest BCUT2D eigenvalue weighted by molar-refractivity contribution is 7.89. The highest BCUT2D eigenvalue weighted by Gasteiger charge is 2.32. The number of halogens is 1. The predicted octanol–water partition coefficient (Wildman–Crippen LogP) is 2.14. The first-order valence-corrected chi connectivity index (χ1v) is 8.28. The lowest BCUT2D eigenvalue weighted by molar-refractivity contribution is 0.360. The molecule has 0 atom stereocenters. The Kier molecular flexibility index (Phi) is 5.82. The zero-order valence-corrected chi connectivity index (χ0v) is 13.5. The molecule has 20 heavy (non-hydrogen) atoms. The second-order valence-electron chi connectivity index (χ2n) is 4.59. The van der Waals surface area contributed by atoms with Crippen LogP contribution in [0.3, 0.4) is 0 Å². The number of benzene rings is 1. The Labute approximate surface area is 125 Å². The van der Waals surface area contributed by atoms with E-state index in [2.05, 4.69) is 4.72 Å². The van der Waals surface area contributed by atoms with Crippen molar-refractivity contribution in [2.45, 2.75) is 37.1 Å². The van der Waals surface area contributed by atoms with Gasteiger partial charge in [-0.3, -0.25) is 0 Å². The molecule has 114 valence electrons. The number of nitrogens with one attached hydrogen (secondary N) is 1. The number of nitrogens with two attached hydrogens (primary N) is 1. The fourth-order valence-electron chi connectivity index (χ4n) is 1.93. The standard InChI is InChI=1S/C13H21ClN2O3S/c1-4-13(5-2,9-15)16-20(17,18)12-7-6-10(14)8-11(12)19-3/h6-8,16H,4-5,9,15H2,1-3H3. The summed E-state index contributed by atoms with van der Waals surface area (Å²) in [6.45, 7) is 4.03. The zero-order valence-electron chi connectivity index (χ0n) is 11.9. The lowest BCUT2D eigenvalue weighted by Crippen LogP contribution is -2.52. The minimum absolute atomic E-state index is 0.0594. The number of sulfonamides is 1. The molecule has 0 amide bonds. The van der Waals surface area contributed by atoms with Gasteiger partial charge in [0.05, 0.1) is 7.11 Å². The second-order valence-corrected chi connectivity index (χ2v) is 6.68. The molecule has 0 aliphatic carbocycles. The van der Waals surface area contributed by atoms with E-state index in [9.17, 15) is 8.42 Å². The molecule has 0 saturated heterocycles. The van der Waals surface area contributed by atoms with Crippen molar-refractivity contribution >= 4 is 21.6 Å². The maximum absolute atomic E-state index is 12.5. The van der Waals surface area contributed by atoms with Crippen LogP contribution in [-0.4, -0.2) is 27.6 Å². The molecule has 1 aromatic rings. The van der Waals surface area contributed by atoms with Crippen molar-refractivity contribution in [1.29, 1.82) is 0 Å². The average molecular weight is 321 g/mol. The van der Waals surface area contributed by atoms with Gasteiger partial charge in [0.25, 0.3) is 0 Å². The first-order chi connectivity index (χ1) is 9.34. The molecule has 0 unspecified atom stereocenters. The van der Waals surface area contributed by atoms with Gasteiger partial charge in [-0.05, 0) is 25.0 Å². The van der Waals surface area contributed by atoms with E-state index in [-0.39, 0.29) is 17.2 Å². The van der Waals surface area contributed by atoms with Crippen molar-refractivity contribution in [3.8, 4) is 5.75 Å². The Balaban J connectivity index is 3.24. The summed E-state index contributed by atoms with van der Waals surface area (Å²) >= 11 is 5.85. The Bertz CT molecular complexity index is 548. The summed E-state index contributed by atoms with van der Waals surface area (Å²) in [6.07, 6.45) is 1.21. The largest absolute Gasteiger partial charge is 0.495 e. The molecule has 0 heterocycles. The van der Waals surface area contributed by atoms with Crippen LogP contribution in [0.2, 0.25) is 5.02 Å². The van der Waals surface area contributed by atoms with E-state index in [1.165, 1.54) is 25.3 Å². The van der Waals surface area contributed by atoms with Gasteiger partial charge in [0.2, 0.25) is 10.0 Å². The van der Waals surface area contributed by atoms with E-state index in [1.807, 2.05) is 13.8 Å². The van der Waals surface area contributed by atoms with Gasteiger partial charge in [0.1, 0.15) is 10.6 Å². The highest BCUT2D eigenvalue weighted by atomic mass is 35.5. The SMILES string of the molecule is CCC(CC)(CN)NS(=O)(=O)c1ccc(Cl)cc1OC. The summed E-state index contributed by atoms with van der Waals surface area (Å²) in [5, 5.41) is 0.414. The summed E-state index contributed by atoms with van der Waals surface area (Å²) in [6, 6.07) is 4.41. The van der Waals surface area contributed by atoms with E-state index in [0.29, 0.717) is 17.9 Å². The van der Waals surface area contributed by atoms with E-state index in [1.54, 1.807) is 0 Å². The van der Waals surface area contributed by atoms with Crippen LogP contribution in [0, 0.1) is 0 Å². The van der Waals surface area contributed by atoms with Crippen LogP contribution in [-0.2, 0) is 10.0 Å². The lowest BCUT2D eigenvalue weighted by atomic mass is 9.95. The molecular weight excluding hydrogens is 300 g/mol. The lowest BCUT2D eigenvalue weighted by Gasteiger charge is -2.31. The van der Waals surface area contributed by atoms with Gasteiger partial charge >= 0.3 is 0 Å². The third-order valence-electron chi connectivity index (χ3n) is 3.51. The van der Waals surface area contributed by atoms with Crippen molar-refractivity contribution in [1.82, 2.24) is 4.72 Å². The Morgan fingerprint density at radius 3 is 2.40 bits per heavy atom. The minimum atomic E-state index is -3.73. The van der Waals surface area contributed by atoms with Crippen LogP contribution in [0.15, 0.2) is 23.1 Å². The van der Waals surface area contributed by atoms with Crippen LogP contribution in [0.1, 0.15) is 26.7 Å². The average Bonchev–Trinajstić information content (AvgIpc) is 2.44. The fraction of sp³-hybridized carbons (Fsp3) is 0.538. The summed E-state index contributed by atoms with van der Waals surface area (Å²) in [7, 11) is -2.32. The number of rotatable bonds is 7. The smallest absolute Gasteiger partial charge is 0.244 e. The maximum atomic E-state index is 12.5. The first kappa shape index (κ1) is 17.2. The maximum Gasteiger partial charge on any atom is 0.244 e. The predicted molar refractivity (Wildman–Crippen MR) is 80.7 cm³/mol. The minimum Gasteiger partial charge on any atom is -0.495 e. The number of hydrogen-bond donors (Lipinski definition) is 2. The number of ether oxygens (including phenoxy) is 1. The molecule has 1 aromatic carbocycles. The van der Waals surface area contributed by atoms with Gasteiger partial charge in [0.15, 0.2) is 0 Å². The summed E-state index contributed by atoms with van der Waals surface area (Å²) in [5.74, 6) is 0.211. The van der Waals surface area contributed by atoms with Gasteiger partial charge in [-0.25, -0.2) is 13.1 Å². The molecule has 1 rings (SSSR count). The summed E-state index contributed by atoms with van der Waals surface area (Å²) in [5.41, 5.74) is 5.08. The van der Waals surface area contributed by atoms with Crippen LogP contribution in [0.25, 0.3) is 0 Å². The molecule has 0 spiro atoms. The van der Waals surface area contributed by atoms with Gasteiger partial charge in [-0.1, -0.05) is 25.4 Å². The fourth-order valence-corrected chi connectivity index (χ4v) is 3.80. The van der Waals surface area contributed by atoms with Crippen LogP contribution in [0.4, 0.5) is 0 Å². The number of methoxy groups -OCH3 is 1. The van der Waals surface area contributed by atoms with Gasteiger partial charge < -0.3 is 10.5 Å². The Morgan fingerprint density at radius 2 is 1.95 bits per heavy atom. The number of hydrogen-bond acceptors (Lipinski definition) is 4. The molecule has 0 aromatic heterocycles. The van der Waals surface area contributed by atoms with Gasteiger partial charge in [0, 0.05) is 23.2 Å². The monoisotopic (exact) mass is 320 g/mol. The highest BCUT2D eigenvalue weighted by Crippen LogP contribution is 2.28. The van der Waals surface area contributed by atoms with E-state index in [0.717, 1.165) is 0 Å². The van der Waals surface area contributed by atoms with Crippen molar-refractivity contribution in [3.63, 3.8) is 0 Å². The quantitative estimate of drug-likeness (QED) is 0.806. The van der Waals surface area contributed by atoms with Crippen LogP contribution in [0.5, 0.6) is 5.75 Å². The van der Waals surface area contributed by atoms with Crippen molar-refractivity contribution < 1.29 is 13.2 Å². The molecule has 0 saturated carbocycles. The van der Waals surface area contributed by atoms with Crippen LogP contribution >= 0.6 is 11.6 Å². The third-order valence-corrected chi connectivity index (χ3v) is 5.36. The topological polar surface area (TPSA) is 81.4 Å². The normalized spacial score (nSPS) is 12.4. The molecular formula is C13H21ClN2O3S. The molecule has 0 aliphatic heterocycles. The van der Waals surface area contributed by atoms with E-state index >= 15 is 0 Å². The molecule has 5 nitrogen and oxygen atoms in total. The Hall–Kier alpha value is -0.820. The van der Waals surface area contributed by atoms with Crippen molar-refractivity contribution in [2.24, 2.45) is 5.73 Å². The summed E-state index contributed by atoms with van der Waals surface area (Å²) in [4.78, 5) is 0.0594. The summed E-state index contributed by atoms with van der Waals surface area (Å²) < 4.78 is 32.8. The molecule has 0 fully saturated rings. The first-order valence-electron chi connectivity index (χ1n) is 6.41. The van der Waals surface area contributed by atoms with Crippen molar-refractivity contribution in [2.75, 3.05) is 13.7 Å². The molecule has 3 N–H and O–H groups in total.